The van der Waals surface area contributed by atoms with Crippen molar-refractivity contribution in [3.63, 3.8) is 0 Å². The number of anilines is 2. The first-order chi connectivity index (χ1) is 28.2. The van der Waals surface area contributed by atoms with Gasteiger partial charge in [-0.05, 0) is 73.2 Å². The van der Waals surface area contributed by atoms with Gasteiger partial charge in [0.2, 0.25) is 11.8 Å². The number of ether oxygens (including phenoxy) is 4. The summed E-state index contributed by atoms with van der Waals surface area (Å²) < 4.78 is 21.9. The Morgan fingerprint density at radius 3 is 1.28 bits per heavy atom. The van der Waals surface area contributed by atoms with Crippen molar-refractivity contribution in [2.24, 2.45) is 0 Å². The third-order valence-electron chi connectivity index (χ3n) is 10.3. The molecule has 2 aliphatic heterocycles. The molecule has 2 saturated heterocycles. The van der Waals surface area contributed by atoms with Crippen LogP contribution in [0, 0.1) is 0 Å². The number of amides is 2. The summed E-state index contributed by atoms with van der Waals surface area (Å²) in [7, 11) is 6.45. The first kappa shape index (κ1) is 39.8. The lowest BCUT2D eigenvalue weighted by atomic mass is 10.0. The van der Waals surface area contributed by atoms with E-state index in [-0.39, 0.29) is 33.1 Å². The number of hydrogen-bond donors (Lipinski definition) is 0. The molecule has 298 valence electrons. The van der Waals surface area contributed by atoms with Crippen LogP contribution < -0.4 is 28.7 Å². The van der Waals surface area contributed by atoms with Crippen molar-refractivity contribution in [2.75, 3.05) is 38.2 Å². The van der Waals surface area contributed by atoms with Crippen molar-refractivity contribution >= 4 is 68.3 Å². The van der Waals surface area contributed by atoms with E-state index in [1.165, 1.54) is 33.8 Å². The quantitative estimate of drug-likeness (QED) is 0.112. The zero-order valence-corrected chi connectivity index (χ0v) is 36.1. The smallest absolute Gasteiger partial charge is 0.242 e. The Morgan fingerprint density at radius 1 is 0.534 bits per heavy atom. The molecule has 0 radical (unpaired) electrons. The van der Waals surface area contributed by atoms with Crippen LogP contribution in [0.25, 0.3) is 22.5 Å². The molecule has 2 aromatic heterocycles. The van der Waals surface area contributed by atoms with Crippen LogP contribution >= 0.6 is 46.2 Å². The van der Waals surface area contributed by atoms with E-state index in [1.54, 1.807) is 52.0 Å². The SMILES string of the molecule is COc1ccc([C@H]2S[C@H](C)C(=O)N2c2nc(-c3ccc(CCc4ccc(-c5csc(N6C(=O)[C@@H](C)S[C@@H]6c6ccc(OC)c(OC)c6)n5)cc4)cc3)cs2)cc1OC. The third-order valence-corrected chi connectivity index (χ3v) is 14.7. The van der Waals surface area contributed by atoms with Gasteiger partial charge in [-0.2, -0.15) is 0 Å². The van der Waals surface area contributed by atoms with Crippen LogP contribution in [0.1, 0.15) is 46.8 Å². The van der Waals surface area contributed by atoms with Gasteiger partial charge in [0.1, 0.15) is 10.7 Å². The highest BCUT2D eigenvalue weighted by atomic mass is 32.2. The molecule has 2 aliphatic rings. The van der Waals surface area contributed by atoms with Gasteiger partial charge in [0, 0.05) is 21.9 Å². The molecule has 0 bridgehead atoms. The Balaban J connectivity index is 0.908. The summed E-state index contributed by atoms with van der Waals surface area (Å²) in [5.74, 6) is 2.63. The summed E-state index contributed by atoms with van der Waals surface area (Å²) in [5.41, 5.74) is 8.07. The van der Waals surface area contributed by atoms with E-state index in [1.807, 2.05) is 70.8 Å². The second-order valence-corrected chi connectivity index (χ2v) is 18.4. The van der Waals surface area contributed by atoms with Gasteiger partial charge in [-0.25, -0.2) is 9.97 Å². The molecule has 10 nitrogen and oxygen atoms in total. The topological polar surface area (TPSA) is 103 Å². The number of rotatable bonds is 13. The highest BCUT2D eigenvalue weighted by Gasteiger charge is 2.42. The number of aryl methyl sites for hydroxylation is 2. The average molecular weight is 851 g/mol. The molecular weight excluding hydrogens is 809 g/mol. The number of carbonyl (C=O) groups excluding carboxylic acids is 2. The summed E-state index contributed by atoms with van der Waals surface area (Å²) in [6.45, 7) is 3.88. The predicted octanol–water partition coefficient (Wildman–Crippen LogP) is 10.1. The fraction of sp³-hybridized carbons (Fsp3) is 0.273. The van der Waals surface area contributed by atoms with Crippen LogP contribution in [0.2, 0.25) is 0 Å². The van der Waals surface area contributed by atoms with Crippen molar-refractivity contribution in [2.45, 2.75) is 47.9 Å². The molecule has 0 saturated carbocycles. The van der Waals surface area contributed by atoms with Crippen molar-refractivity contribution in [3.05, 3.63) is 118 Å². The largest absolute Gasteiger partial charge is 0.493 e. The second-order valence-electron chi connectivity index (χ2n) is 13.8. The first-order valence-corrected chi connectivity index (χ1v) is 22.3. The van der Waals surface area contributed by atoms with Crippen molar-refractivity contribution in [3.8, 4) is 45.5 Å². The Kier molecular flexibility index (Phi) is 11.7. The maximum Gasteiger partial charge on any atom is 0.242 e. The van der Waals surface area contributed by atoms with Gasteiger partial charge < -0.3 is 18.9 Å². The first-order valence-electron chi connectivity index (χ1n) is 18.7. The number of carbonyl (C=O) groups is 2. The van der Waals surface area contributed by atoms with E-state index < -0.39 is 0 Å². The molecular formula is C44H42N4O6S4. The number of nitrogens with zero attached hydrogens (tertiary/aromatic N) is 4. The standard InChI is InChI=1S/C44H42N4O6S4/c1-25-39(49)47(41(57-25)31-17-19-35(51-3)37(21-31)53-5)43-45-33(23-55-43)29-13-9-27(10-14-29)7-8-28-11-15-30(16-12-28)34-24-56-44(46-34)48-40(50)26(2)58-42(48)32-18-20-36(52-4)38(22-32)54-6/h9-26,41-42H,7-8H2,1-6H3/t25-,26-,41-,42-/m1/s1. The molecule has 8 rings (SSSR count). The summed E-state index contributed by atoms with van der Waals surface area (Å²) in [6, 6.07) is 28.6. The minimum absolute atomic E-state index is 0.0402. The van der Waals surface area contributed by atoms with E-state index in [4.69, 9.17) is 28.9 Å². The fourth-order valence-electron chi connectivity index (χ4n) is 7.09. The van der Waals surface area contributed by atoms with E-state index in [0.29, 0.717) is 33.3 Å². The van der Waals surface area contributed by atoms with E-state index in [9.17, 15) is 9.59 Å². The molecule has 4 atom stereocenters. The number of thiazole rings is 2. The maximum atomic E-state index is 13.4. The average Bonchev–Trinajstić information content (AvgIpc) is 4.06. The Labute approximate surface area is 354 Å². The molecule has 58 heavy (non-hydrogen) atoms. The van der Waals surface area contributed by atoms with Crippen LogP contribution in [0.5, 0.6) is 23.0 Å². The van der Waals surface area contributed by atoms with Crippen molar-refractivity contribution in [1.82, 2.24) is 9.97 Å². The van der Waals surface area contributed by atoms with Gasteiger partial charge in [-0.3, -0.25) is 19.4 Å². The summed E-state index contributed by atoms with van der Waals surface area (Å²) in [6.07, 6.45) is 1.77. The molecule has 0 aliphatic carbocycles. The van der Waals surface area contributed by atoms with E-state index >= 15 is 0 Å². The van der Waals surface area contributed by atoms with Crippen LogP contribution in [-0.4, -0.2) is 60.7 Å². The van der Waals surface area contributed by atoms with Gasteiger partial charge >= 0.3 is 0 Å². The molecule has 2 amide bonds. The van der Waals surface area contributed by atoms with Crippen molar-refractivity contribution < 1.29 is 28.5 Å². The Morgan fingerprint density at radius 2 is 0.914 bits per heavy atom. The summed E-state index contributed by atoms with van der Waals surface area (Å²) in [4.78, 5) is 40.3. The molecule has 4 aromatic carbocycles. The molecule has 6 aromatic rings. The lowest BCUT2D eigenvalue weighted by molar-refractivity contribution is -0.118. The van der Waals surface area contributed by atoms with Crippen LogP contribution in [0.15, 0.2) is 95.7 Å². The highest BCUT2D eigenvalue weighted by molar-refractivity contribution is 8.01. The van der Waals surface area contributed by atoms with Gasteiger partial charge in [-0.1, -0.05) is 60.7 Å². The van der Waals surface area contributed by atoms with E-state index in [0.717, 1.165) is 46.5 Å². The Bertz CT molecular complexity index is 2270. The monoisotopic (exact) mass is 850 g/mol. The minimum atomic E-state index is -0.218. The number of hydrogen-bond acceptors (Lipinski definition) is 12. The highest BCUT2D eigenvalue weighted by Crippen LogP contribution is 2.49. The normalized spacial score (nSPS) is 19.2. The van der Waals surface area contributed by atoms with Gasteiger partial charge in [-0.15, -0.1) is 46.2 Å². The van der Waals surface area contributed by atoms with Gasteiger partial charge in [0.25, 0.3) is 0 Å². The summed E-state index contributed by atoms with van der Waals surface area (Å²) >= 11 is 6.16. The molecule has 0 unspecified atom stereocenters. The molecule has 2 fully saturated rings. The summed E-state index contributed by atoms with van der Waals surface area (Å²) in [5, 5.41) is 4.56. The predicted molar refractivity (Wildman–Crippen MR) is 236 cm³/mol. The van der Waals surface area contributed by atoms with Crippen LogP contribution in [0.3, 0.4) is 0 Å². The maximum absolute atomic E-state index is 13.4. The zero-order valence-electron chi connectivity index (χ0n) is 32.8. The van der Waals surface area contributed by atoms with E-state index in [2.05, 4.69) is 48.5 Å². The molecule has 4 heterocycles. The second kappa shape index (κ2) is 17.1. The third kappa shape index (κ3) is 7.78. The number of aromatic nitrogens is 2. The zero-order chi connectivity index (χ0) is 40.5. The number of benzene rings is 4. The Hall–Kier alpha value is -5.02. The minimum Gasteiger partial charge on any atom is -0.493 e. The lowest BCUT2D eigenvalue weighted by Gasteiger charge is -2.22. The van der Waals surface area contributed by atoms with Gasteiger partial charge in [0.15, 0.2) is 33.3 Å². The number of thioether (sulfide) groups is 2. The molecule has 0 spiro atoms. The van der Waals surface area contributed by atoms with Crippen LogP contribution in [0.4, 0.5) is 10.3 Å². The fourth-order valence-corrected chi connectivity index (χ4v) is 11.4. The molecule has 0 N–H and O–H groups in total. The lowest BCUT2D eigenvalue weighted by Crippen LogP contribution is -2.30. The van der Waals surface area contributed by atoms with Gasteiger partial charge in [0.05, 0.1) is 50.3 Å². The molecule has 14 heteroatoms. The van der Waals surface area contributed by atoms with Crippen molar-refractivity contribution in [1.29, 1.82) is 0 Å². The van der Waals surface area contributed by atoms with Crippen LogP contribution in [-0.2, 0) is 22.4 Å². The number of methoxy groups -OCH3 is 4.